The summed E-state index contributed by atoms with van der Waals surface area (Å²) in [6.07, 6.45) is 5.38. The number of aromatic nitrogens is 1. The van der Waals surface area contributed by atoms with E-state index in [2.05, 4.69) is 23.2 Å². The average Bonchev–Trinajstić information content (AvgIpc) is 2.40. The first-order valence-electron chi connectivity index (χ1n) is 6.67. The maximum absolute atomic E-state index is 5.99. The lowest BCUT2D eigenvalue weighted by Gasteiger charge is -2.43. The third-order valence-electron chi connectivity index (χ3n) is 4.17. The Kier molecular flexibility index (Phi) is 3.29. The maximum Gasteiger partial charge on any atom is 0.0554 e. The molecule has 0 amide bonds. The van der Waals surface area contributed by atoms with E-state index in [1.54, 1.807) is 0 Å². The lowest BCUT2D eigenvalue weighted by Crippen LogP contribution is -2.37. The van der Waals surface area contributed by atoms with E-state index in [0.717, 1.165) is 29.1 Å². The van der Waals surface area contributed by atoms with Crippen molar-refractivity contribution in [2.24, 2.45) is 5.73 Å². The molecule has 3 rings (SSSR count). The van der Waals surface area contributed by atoms with Gasteiger partial charge in [0.05, 0.1) is 5.69 Å². The van der Waals surface area contributed by atoms with E-state index in [4.69, 9.17) is 17.3 Å². The average molecular weight is 273 g/mol. The fourth-order valence-electron chi connectivity index (χ4n) is 3.00. The molecule has 19 heavy (non-hydrogen) atoms. The van der Waals surface area contributed by atoms with Crippen molar-refractivity contribution >= 4 is 11.6 Å². The molecule has 1 saturated carbocycles. The molecule has 0 atom stereocenters. The van der Waals surface area contributed by atoms with Crippen LogP contribution in [0.4, 0.5) is 0 Å². The summed E-state index contributed by atoms with van der Waals surface area (Å²) in [5.41, 5.74) is 9.51. The quantitative estimate of drug-likeness (QED) is 0.926. The number of nitrogens with zero attached hydrogens (tertiary/aromatic N) is 1. The lowest BCUT2D eigenvalue weighted by molar-refractivity contribution is 0.291. The Bertz CT molecular complexity index is 574. The molecule has 1 aliphatic carbocycles. The molecule has 98 valence electrons. The van der Waals surface area contributed by atoms with Crippen molar-refractivity contribution in [3.63, 3.8) is 0 Å². The highest BCUT2D eigenvalue weighted by atomic mass is 35.5. The molecule has 0 saturated heterocycles. The molecule has 0 unspecified atom stereocenters. The van der Waals surface area contributed by atoms with Crippen molar-refractivity contribution in [2.45, 2.75) is 31.2 Å². The highest BCUT2D eigenvalue weighted by Gasteiger charge is 2.42. The highest BCUT2D eigenvalue weighted by molar-refractivity contribution is 6.30. The van der Waals surface area contributed by atoms with E-state index >= 15 is 0 Å². The Balaban J connectivity index is 2.10. The summed E-state index contributed by atoms with van der Waals surface area (Å²) in [5, 5.41) is 0.776. The summed E-state index contributed by atoms with van der Waals surface area (Å²) in [6.45, 7) is 0.540. The third-order valence-corrected chi connectivity index (χ3v) is 4.42. The molecule has 1 aromatic heterocycles. The molecule has 1 aromatic carbocycles. The van der Waals surface area contributed by atoms with Crippen LogP contribution in [0.5, 0.6) is 0 Å². The number of nitrogens with two attached hydrogens (primary N) is 1. The van der Waals surface area contributed by atoms with E-state index < -0.39 is 0 Å². The van der Waals surface area contributed by atoms with Gasteiger partial charge in [-0.1, -0.05) is 36.2 Å². The van der Waals surface area contributed by atoms with Crippen LogP contribution in [0.3, 0.4) is 0 Å². The van der Waals surface area contributed by atoms with E-state index in [1.807, 2.05) is 24.4 Å². The van der Waals surface area contributed by atoms with Gasteiger partial charge in [-0.3, -0.25) is 4.98 Å². The summed E-state index contributed by atoms with van der Waals surface area (Å²) in [6, 6.07) is 12.2. The molecule has 2 N–H and O–H groups in total. The largest absolute Gasteiger partial charge is 0.326 e. The molecular formula is C16H17ClN2. The van der Waals surface area contributed by atoms with Gasteiger partial charge in [0, 0.05) is 23.2 Å². The van der Waals surface area contributed by atoms with E-state index in [9.17, 15) is 0 Å². The second-order valence-corrected chi connectivity index (χ2v) is 5.59. The molecule has 2 aromatic rings. The molecule has 0 bridgehead atoms. The molecule has 0 aliphatic heterocycles. The Labute approximate surface area is 118 Å². The Morgan fingerprint density at radius 2 is 1.89 bits per heavy atom. The number of hydrogen-bond donors (Lipinski definition) is 1. The van der Waals surface area contributed by atoms with Gasteiger partial charge in [0.15, 0.2) is 0 Å². The van der Waals surface area contributed by atoms with Gasteiger partial charge in [0.1, 0.15) is 0 Å². The van der Waals surface area contributed by atoms with Crippen LogP contribution in [-0.4, -0.2) is 4.98 Å². The smallest absolute Gasteiger partial charge is 0.0554 e. The molecule has 1 heterocycles. The number of rotatable bonds is 3. The van der Waals surface area contributed by atoms with Gasteiger partial charge in [-0.05, 0) is 42.2 Å². The fourth-order valence-corrected chi connectivity index (χ4v) is 3.12. The topological polar surface area (TPSA) is 38.9 Å². The van der Waals surface area contributed by atoms with Crippen molar-refractivity contribution in [3.8, 4) is 0 Å². The maximum atomic E-state index is 5.99. The third kappa shape index (κ3) is 2.05. The summed E-state index contributed by atoms with van der Waals surface area (Å²) in [4.78, 5) is 4.63. The van der Waals surface area contributed by atoms with Crippen molar-refractivity contribution in [2.75, 3.05) is 0 Å². The molecule has 2 nitrogen and oxygen atoms in total. The van der Waals surface area contributed by atoms with Crippen LogP contribution in [0.1, 0.15) is 36.1 Å². The first-order valence-corrected chi connectivity index (χ1v) is 7.04. The standard InChI is InChI=1S/C16H17ClN2/c17-14-6-4-13(5-7-14)16(8-2-9-16)15-12(11-18)3-1-10-19-15/h1,3-7,10H,2,8-9,11,18H2. The zero-order chi connectivity index (χ0) is 13.3. The van der Waals surface area contributed by atoms with Crippen molar-refractivity contribution in [1.82, 2.24) is 4.98 Å². The van der Waals surface area contributed by atoms with Crippen molar-refractivity contribution < 1.29 is 0 Å². The zero-order valence-electron chi connectivity index (χ0n) is 10.8. The normalized spacial score (nSPS) is 16.9. The van der Waals surface area contributed by atoms with Crippen LogP contribution < -0.4 is 5.73 Å². The minimum atomic E-state index is 0.0422. The SMILES string of the molecule is NCc1cccnc1C1(c2ccc(Cl)cc2)CCC1. The lowest BCUT2D eigenvalue weighted by atomic mass is 9.61. The number of benzene rings is 1. The van der Waals surface area contributed by atoms with Gasteiger partial charge in [-0.2, -0.15) is 0 Å². The monoisotopic (exact) mass is 272 g/mol. The first kappa shape index (κ1) is 12.6. The van der Waals surface area contributed by atoms with Gasteiger partial charge in [-0.25, -0.2) is 0 Å². The number of halogens is 1. The molecule has 0 spiro atoms. The van der Waals surface area contributed by atoms with Crippen LogP contribution in [-0.2, 0) is 12.0 Å². The summed E-state index contributed by atoms with van der Waals surface area (Å²) < 4.78 is 0. The molecule has 1 fully saturated rings. The van der Waals surface area contributed by atoms with E-state index in [1.165, 1.54) is 12.0 Å². The van der Waals surface area contributed by atoms with E-state index in [0.29, 0.717) is 6.54 Å². The first-order chi connectivity index (χ1) is 9.26. The summed E-state index contributed by atoms with van der Waals surface area (Å²) in [5.74, 6) is 0. The van der Waals surface area contributed by atoms with Gasteiger partial charge >= 0.3 is 0 Å². The number of pyridine rings is 1. The minimum absolute atomic E-state index is 0.0422. The number of hydrogen-bond acceptors (Lipinski definition) is 2. The molecular weight excluding hydrogens is 256 g/mol. The van der Waals surface area contributed by atoms with E-state index in [-0.39, 0.29) is 5.41 Å². The van der Waals surface area contributed by atoms with Crippen LogP contribution in [0.25, 0.3) is 0 Å². The second-order valence-electron chi connectivity index (χ2n) is 5.16. The van der Waals surface area contributed by atoms with Crippen molar-refractivity contribution in [3.05, 3.63) is 64.4 Å². The van der Waals surface area contributed by atoms with Gasteiger partial charge in [-0.15, -0.1) is 0 Å². The molecule has 0 radical (unpaired) electrons. The Morgan fingerprint density at radius 1 is 1.16 bits per heavy atom. The van der Waals surface area contributed by atoms with Gasteiger partial charge in [0.25, 0.3) is 0 Å². The molecule has 3 heteroatoms. The molecule has 1 aliphatic rings. The van der Waals surface area contributed by atoms with Crippen LogP contribution in [0, 0.1) is 0 Å². The summed E-state index contributed by atoms with van der Waals surface area (Å²) >= 11 is 5.99. The predicted octanol–water partition coefficient (Wildman–Crippen LogP) is 3.66. The minimum Gasteiger partial charge on any atom is -0.326 e. The fraction of sp³-hybridized carbons (Fsp3) is 0.312. The Morgan fingerprint density at radius 3 is 2.47 bits per heavy atom. The van der Waals surface area contributed by atoms with Crippen LogP contribution in [0.15, 0.2) is 42.6 Å². The van der Waals surface area contributed by atoms with Crippen molar-refractivity contribution in [1.29, 1.82) is 0 Å². The van der Waals surface area contributed by atoms with Crippen LogP contribution >= 0.6 is 11.6 Å². The predicted molar refractivity (Wildman–Crippen MR) is 78.2 cm³/mol. The van der Waals surface area contributed by atoms with Crippen LogP contribution in [0.2, 0.25) is 5.02 Å². The van der Waals surface area contributed by atoms with Gasteiger partial charge in [0.2, 0.25) is 0 Å². The Hall–Kier alpha value is -1.38. The zero-order valence-corrected chi connectivity index (χ0v) is 11.5. The van der Waals surface area contributed by atoms with Gasteiger partial charge < -0.3 is 5.73 Å². The summed E-state index contributed by atoms with van der Waals surface area (Å²) in [7, 11) is 0. The second kappa shape index (κ2) is 4.95. The highest BCUT2D eigenvalue weighted by Crippen LogP contribution is 2.49.